The van der Waals surface area contributed by atoms with Gasteiger partial charge in [0.25, 0.3) is 5.91 Å². The molecule has 0 unspecified atom stereocenters. The molecule has 1 amide bonds. The Bertz CT molecular complexity index is 655. The summed E-state index contributed by atoms with van der Waals surface area (Å²) in [5.74, 6) is -1.81. The van der Waals surface area contributed by atoms with Gasteiger partial charge < -0.3 is 10.4 Å². The molecule has 0 spiro atoms. The Labute approximate surface area is 122 Å². The molecule has 1 rings (SSSR count). The molecule has 0 radical (unpaired) electrons. The molecule has 3 N–H and O–H groups in total. The predicted molar refractivity (Wildman–Crippen MR) is 75.6 cm³/mol. The monoisotopic (exact) mass is 315 g/mol. The molecule has 0 aromatic carbocycles. The van der Waals surface area contributed by atoms with E-state index in [4.69, 9.17) is 5.11 Å². The number of amides is 1. The molecule has 0 saturated carbocycles. The Morgan fingerprint density at radius 2 is 1.86 bits per heavy atom. The van der Waals surface area contributed by atoms with Crippen molar-refractivity contribution in [1.29, 1.82) is 0 Å². The van der Waals surface area contributed by atoms with Crippen LogP contribution in [0.2, 0.25) is 0 Å². The van der Waals surface area contributed by atoms with Gasteiger partial charge in [0, 0.05) is 12.1 Å². The first kappa shape index (κ1) is 17.1. The maximum Gasteiger partial charge on any atom is 0.354 e. The number of nitrogens with one attached hydrogen (secondary N) is 2. The van der Waals surface area contributed by atoms with Gasteiger partial charge in [-0.1, -0.05) is 6.07 Å². The van der Waals surface area contributed by atoms with Gasteiger partial charge in [0.2, 0.25) is 10.0 Å². The van der Waals surface area contributed by atoms with E-state index in [9.17, 15) is 18.0 Å². The minimum Gasteiger partial charge on any atom is -0.477 e. The predicted octanol–water partition coefficient (Wildman–Crippen LogP) is -0.163. The van der Waals surface area contributed by atoms with Gasteiger partial charge in [-0.15, -0.1) is 0 Å². The van der Waals surface area contributed by atoms with E-state index >= 15 is 0 Å². The maximum atomic E-state index is 11.9. The number of carboxylic acid groups (broad SMARTS) is 1. The van der Waals surface area contributed by atoms with Gasteiger partial charge in [0.05, 0.1) is 6.26 Å². The van der Waals surface area contributed by atoms with E-state index in [1.807, 2.05) is 0 Å². The molecule has 0 atom stereocenters. The number of carbonyl (C=O) groups is 2. The number of hydrogen-bond donors (Lipinski definition) is 3. The van der Waals surface area contributed by atoms with E-state index in [-0.39, 0.29) is 17.9 Å². The van der Waals surface area contributed by atoms with Crippen LogP contribution in [0.1, 0.15) is 34.8 Å². The third-order valence-electron chi connectivity index (χ3n) is 2.35. The van der Waals surface area contributed by atoms with Crippen molar-refractivity contribution < 1.29 is 23.1 Å². The van der Waals surface area contributed by atoms with Crippen LogP contribution in [-0.4, -0.2) is 48.7 Å². The van der Waals surface area contributed by atoms with Crippen molar-refractivity contribution in [3.63, 3.8) is 0 Å². The Hall–Kier alpha value is -2.00. The highest BCUT2D eigenvalue weighted by Gasteiger charge is 2.23. The van der Waals surface area contributed by atoms with Crippen LogP contribution in [-0.2, 0) is 10.0 Å². The zero-order valence-corrected chi connectivity index (χ0v) is 12.7. The number of rotatable bonds is 6. The summed E-state index contributed by atoms with van der Waals surface area (Å²) >= 11 is 0. The zero-order valence-electron chi connectivity index (χ0n) is 11.9. The lowest BCUT2D eigenvalue weighted by molar-refractivity contribution is 0.0690. The van der Waals surface area contributed by atoms with Crippen molar-refractivity contribution in [1.82, 2.24) is 15.0 Å². The second-order valence-corrected chi connectivity index (χ2v) is 6.90. The standard InChI is InChI=1S/C12H17N3O5S/c1-12(2,15-21(3,19)20)7-13-10(16)8-5-4-6-9(14-8)11(17)18/h4-6,15H,7H2,1-3H3,(H,13,16)(H,17,18). The molecule has 0 aliphatic heterocycles. The van der Waals surface area contributed by atoms with E-state index in [0.29, 0.717) is 0 Å². The summed E-state index contributed by atoms with van der Waals surface area (Å²) in [6.07, 6.45) is 1.02. The number of aromatic carboxylic acids is 1. The topological polar surface area (TPSA) is 125 Å². The SMILES string of the molecule is CC(C)(CNC(=O)c1cccc(C(=O)O)n1)NS(C)(=O)=O. The smallest absolute Gasteiger partial charge is 0.354 e. The first-order valence-electron chi connectivity index (χ1n) is 5.98. The summed E-state index contributed by atoms with van der Waals surface area (Å²) in [5, 5.41) is 11.3. The Morgan fingerprint density at radius 3 is 2.38 bits per heavy atom. The maximum absolute atomic E-state index is 11.9. The highest BCUT2D eigenvalue weighted by atomic mass is 32.2. The van der Waals surface area contributed by atoms with Crippen LogP contribution in [0.15, 0.2) is 18.2 Å². The number of carbonyl (C=O) groups excluding carboxylic acids is 1. The van der Waals surface area contributed by atoms with Crippen molar-refractivity contribution in [2.45, 2.75) is 19.4 Å². The second kappa shape index (κ2) is 6.19. The number of hydrogen-bond acceptors (Lipinski definition) is 5. The fourth-order valence-electron chi connectivity index (χ4n) is 1.61. The molecule has 1 heterocycles. The molecular weight excluding hydrogens is 298 g/mol. The van der Waals surface area contributed by atoms with Gasteiger partial charge in [0.1, 0.15) is 11.4 Å². The lowest BCUT2D eigenvalue weighted by atomic mass is 10.1. The lowest BCUT2D eigenvalue weighted by Crippen LogP contribution is -2.51. The second-order valence-electron chi connectivity index (χ2n) is 5.15. The molecule has 0 fully saturated rings. The van der Waals surface area contributed by atoms with Crippen molar-refractivity contribution in [3.8, 4) is 0 Å². The molecular formula is C12H17N3O5S. The van der Waals surface area contributed by atoms with Crippen LogP contribution in [0.5, 0.6) is 0 Å². The Kier molecular flexibility index (Phi) is 5.02. The van der Waals surface area contributed by atoms with Crippen molar-refractivity contribution >= 4 is 21.9 Å². The molecule has 0 aliphatic carbocycles. The highest BCUT2D eigenvalue weighted by molar-refractivity contribution is 7.88. The van der Waals surface area contributed by atoms with Gasteiger partial charge in [-0.25, -0.2) is 22.9 Å². The van der Waals surface area contributed by atoms with Crippen molar-refractivity contribution in [2.75, 3.05) is 12.8 Å². The van der Waals surface area contributed by atoms with Crippen LogP contribution in [0.25, 0.3) is 0 Å². The third kappa shape index (κ3) is 5.88. The minimum absolute atomic E-state index is 0.0257. The molecule has 0 aliphatic rings. The number of nitrogens with zero attached hydrogens (tertiary/aromatic N) is 1. The molecule has 0 bridgehead atoms. The number of aromatic nitrogens is 1. The largest absolute Gasteiger partial charge is 0.477 e. The average molecular weight is 315 g/mol. The summed E-state index contributed by atoms with van der Waals surface area (Å²) in [4.78, 5) is 26.4. The van der Waals surface area contributed by atoms with Crippen LogP contribution >= 0.6 is 0 Å². The summed E-state index contributed by atoms with van der Waals surface area (Å²) < 4.78 is 24.7. The fourth-order valence-corrected chi connectivity index (χ4v) is 2.69. The number of sulfonamides is 1. The first-order valence-corrected chi connectivity index (χ1v) is 7.87. The van der Waals surface area contributed by atoms with Gasteiger partial charge in [-0.3, -0.25) is 4.79 Å². The summed E-state index contributed by atoms with van der Waals surface area (Å²) in [6, 6.07) is 4.05. The zero-order chi connectivity index (χ0) is 16.3. The van der Waals surface area contributed by atoms with Gasteiger partial charge >= 0.3 is 5.97 Å². The van der Waals surface area contributed by atoms with Gasteiger partial charge in [0.15, 0.2) is 0 Å². The molecule has 116 valence electrons. The molecule has 1 aromatic rings. The third-order valence-corrected chi connectivity index (χ3v) is 3.28. The highest BCUT2D eigenvalue weighted by Crippen LogP contribution is 2.04. The van der Waals surface area contributed by atoms with Gasteiger partial charge in [-0.2, -0.15) is 0 Å². The Balaban J connectivity index is 2.74. The van der Waals surface area contributed by atoms with Crippen LogP contribution < -0.4 is 10.0 Å². The average Bonchev–Trinajstić information content (AvgIpc) is 2.33. The molecule has 8 nitrogen and oxygen atoms in total. The Morgan fingerprint density at radius 1 is 1.29 bits per heavy atom. The summed E-state index contributed by atoms with van der Waals surface area (Å²) in [7, 11) is -3.41. The molecule has 21 heavy (non-hydrogen) atoms. The van der Waals surface area contributed by atoms with Crippen LogP contribution in [0.3, 0.4) is 0 Å². The number of pyridine rings is 1. The quantitative estimate of drug-likeness (QED) is 0.669. The van der Waals surface area contributed by atoms with E-state index in [1.165, 1.54) is 18.2 Å². The minimum atomic E-state index is -3.41. The first-order chi connectivity index (χ1) is 9.50. The summed E-state index contributed by atoms with van der Waals surface area (Å²) in [6.45, 7) is 3.24. The van der Waals surface area contributed by atoms with Gasteiger partial charge in [-0.05, 0) is 26.0 Å². The number of carboxylic acids is 1. The lowest BCUT2D eigenvalue weighted by Gasteiger charge is -2.25. The van der Waals surface area contributed by atoms with E-state index < -0.39 is 27.4 Å². The van der Waals surface area contributed by atoms with Crippen molar-refractivity contribution in [2.24, 2.45) is 0 Å². The van der Waals surface area contributed by atoms with Crippen LogP contribution in [0.4, 0.5) is 0 Å². The summed E-state index contributed by atoms with van der Waals surface area (Å²) in [5.41, 5.74) is -1.17. The molecule has 9 heteroatoms. The van der Waals surface area contributed by atoms with E-state index in [0.717, 1.165) is 6.26 Å². The van der Waals surface area contributed by atoms with E-state index in [2.05, 4.69) is 15.0 Å². The van der Waals surface area contributed by atoms with E-state index in [1.54, 1.807) is 13.8 Å². The molecule has 1 aromatic heterocycles. The fraction of sp³-hybridized carbons (Fsp3) is 0.417. The van der Waals surface area contributed by atoms with Crippen molar-refractivity contribution in [3.05, 3.63) is 29.6 Å². The normalized spacial score (nSPS) is 12.0. The van der Waals surface area contributed by atoms with Crippen LogP contribution in [0, 0.1) is 0 Å². The molecule has 0 saturated heterocycles.